The van der Waals surface area contributed by atoms with Crippen molar-refractivity contribution in [2.45, 2.75) is 51.0 Å². The number of aromatic amines is 1. The van der Waals surface area contributed by atoms with Crippen LogP contribution in [-0.2, 0) is 6.42 Å². The summed E-state index contributed by atoms with van der Waals surface area (Å²) in [6.07, 6.45) is 2.36. The Balaban J connectivity index is 1.60. The van der Waals surface area contributed by atoms with Gasteiger partial charge in [-0.3, -0.25) is 9.59 Å². The minimum atomic E-state index is -0.520. The average molecular weight is 410 g/mol. The molecule has 0 saturated heterocycles. The van der Waals surface area contributed by atoms with Crippen molar-refractivity contribution in [2.75, 3.05) is 0 Å². The lowest BCUT2D eigenvalue weighted by molar-refractivity contribution is 0.0927. The predicted octanol–water partition coefficient (Wildman–Crippen LogP) is 3.61. The number of hydrogen-bond acceptors (Lipinski definition) is 5. The number of amides is 1. The predicted molar refractivity (Wildman–Crippen MR) is 108 cm³/mol. The van der Waals surface area contributed by atoms with Gasteiger partial charge in [0.15, 0.2) is 5.69 Å². The number of halogens is 1. The molecule has 4 rings (SSSR count). The summed E-state index contributed by atoms with van der Waals surface area (Å²) >= 11 is 0. The second-order valence-corrected chi connectivity index (χ2v) is 7.95. The number of carbonyl (C=O) groups is 1. The summed E-state index contributed by atoms with van der Waals surface area (Å²) < 4.78 is 18.7. The van der Waals surface area contributed by atoms with Crippen molar-refractivity contribution >= 4 is 5.91 Å². The molecule has 156 valence electrons. The molecule has 1 aromatic carbocycles. The van der Waals surface area contributed by atoms with E-state index in [-0.39, 0.29) is 29.4 Å². The lowest BCUT2D eigenvalue weighted by Crippen LogP contribution is -2.31. The van der Waals surface area contributed by atoms with Crippen molar-refractivity contribution < 1.29 is 13.7 Å². The Hall–Kier alpha value is -3.29. The summed E-state index contributed by atoms with van der Waals surface area (Å²) in [7, 11) is 0. The molecule has 1 aliphatic carbocycles. The highest BCUT2D eigenvalue weighted by atomic mass is 19.1. The van der Waals surface area contributed by atoms with Crippen molar-refractivity contribution in [3.63, 3.8) is 0 Å². The molecule has 1 fully saturated rings. The largest absolute Gasteiger partial charge is 0.360 e. The van der Waals surface area contributed by atoms with Crippen molar-refractivity contribution in [1.29, 1.82) is 0 Å². The van der Waals surface area contributed by atoms with Gasteiger partial charge in [0.1, 0.15) is 17.4 Å². The van der Waals surface area contributed by atoms with Crippen LogP contribution in [0.1, 0.15) is 77.9 Å². The minimum absolute atomic E-state index is 0.0486. The van der Waals surface area contributed by atoms with Gasteiger partial charge in [0.05, 0.1) is 11.7 Å². The zero-order valence-corrected chi connectivity index (χ0v) is 16.8. The zero-order valence-electron chi connectivity index (χ0n) is 16.8. The number of nitrogens with zero attached hydrogens (tertiary/aromatic N) is 2. The van der Waals surface area contributed by atoms with Crippen LogP contribution < -0.4 is 10.9 Å². The molecule has 0 radical (unpaired) electrons. The third-order valence-electron chi connectivity index (χ3n) is 5.09. The second kappa shape index (κ2) is 8.22. The molecule has 30 heavy (non-hydrogen) atoms. The van der Waals surface area contributed by atoms with Crippen molar-refractivity contribution in [1.82, 2.24) is 20.4 Å². The Morgan fingerprint density at radius 1 is 1.27 bits per heavy atom. The highest BCUT2D eigenvalue weighted by Crippen LogP contribution is 2.40. The van der Waals surface area contributed by atoms with Gasteiger partial charge in [-0.1, -0.05) is 31.1 Å². The van der Waals surface area contributed by atoms with Crippen LogP contribution in [0.4, 0.5) is 4.39 Å². The first kappa shape index (κ1) is 20.0. The smallest absolute Gasteiger partial charge is 0.273 e. The van der Waals surface area contributed by atoms with E-state index in [9.17, 15) is 14.0 Å². The van der Waals surface area contributed by atoms with Gasteiger partial charge in [0.2, 0.25) is 0 Å². The molecular weight excluding hydrogens is 387 g/mol. The second-order valence-electron chi connectivity index (χ2n) is 7.95. The molecule has 2 heterocycles. The zero-order chi connectivity index (χ0) is 21.3. The van der Waals surface area contributed by atoms with Gasteiger partial charge in [0.25, 0.3) is 11.5 Å². The van der Waals surface area contributed by atoms with E-state index in [0.717, 1.165) is 18.6 Å². The van der Waals surface area contributed by atoms with Crippen LogP contribution >= 0.6 is 0 Å². The molecule has 1 atom stereocenters. The molecule has 7 nitrogen and oxygen atoms in total. The fraction of sp³-hybridized carbons (Fsp3) is 0.364. The fourth-order valence-corrected chi connectivity index (χ4v) is 3.25. The lowest BCUT2D eigenvalue weighted by atomic mass is 10.0. The van der Waals surface area contributed by atoms with Gasteiger partial charge < -0.3 is 14.8 Å². The van der Waals surface area contributed by atoms with E-state index in [1.165, 1.54) is 18.2 Å². The van der Waals surface area contributed by atoms with Crippen LogP contribution in [0.3, 0.4) is 0 Å². The quantitative estimate of drug-likeness (QED) is 0.620. The van der Waals surface area contributed by atoms with E-state index in [2.05, 4.69) is 20.4 Å². The minimum Gasteiger partial charge on any atom is -0.360 e. The molecule has 2 aromatic heterocycles. The highest BCUT2D eigenvalue weighted by Gasteiger charge is 2.29. The molecule has 1 amide bonds. The van der Waals surface area contributed by atoms with Crippen molar-refractivity contribution in [3.8, 4) is 0 Å². The summed E-state index contributed by atoms with van der Waals surface area (Å²) in [6.45, 7) is 3.87. The van der Waals surface area contributed by atoms with Crippen LogP contribution in [0.2, 0.25) is 0 Å². The maximum atomic E-state index is 13.4. The molecule has 0 unspecified atom stereocenters. The molecule has 1 aliphatic rings. The van der Waals surface area contributed by atoms with Crippen molar-refractivity contribution in [2.24, 2.45) is 0 Å². The van der Waals surface area contributed by atoms with Gasteiger partial charge in [-0.05, 0) is 30.5 Å². The monoisotopic (exact) mass is 410 g/mol. The topological polar surface area (TPSA) is 101 Å². The standard InChI is InChI=1S/C22H23FN4O3/c1-12(2)21-24-16(10-20(28)26-21)9-17(13-5-7-15(23)8-6-13)25-22(29)18-11-19(30-27-18)14-3-4-14/h5-8,10-12,14,17H,3-4,9H2,1-2H3,(H,25,29)(H,24,26,28)/t17-/m1/s1. The molecule has 1 saturated carbocycles. The van der Waals surface area contributed by atoms with Crippen LogP contribution in [0.25, 0.3) is 0 Å². The maximum absolute atomic E-state index is 13.4. The van der Waals surface area contributed by atoms with Gasteiger partial charge in [0, 0.05) is 30.4 Å². The van der Waals surface area contributed by atoms with E-state index in [1.54, 1.807) is 18.2 Å². The summed E-state index contributed by atoms with van der Waals surface area (Å²) in [4.78, 5) is 32.1. The van der Waals surface area contributed by atoms with Crippen molar-refractivity contribution in [3.05, 3.63) is 81.1 Å². The summed E-state index contributed by atoms with van der Waals surface area (Å²) in [5.74, 6) is 0.928. The molecular formula is C22H23FN4O3. The third-order valence-corrected chi connectivity index (χ3v) is 5.09. The average Bonchev–Trinajstić information content (AvgIpc) is 3.44. The van der Waals surface area contributed by atoms with Crippen LogP contribution in [-0.4, -0.2) is 21.0 Å². The Morgan fingerprint density at radius 3 is 2.67 bits per heavy atom. The van der Waals surface area contributed by atoms with Crippen LogP contribution in [0, 0.1) is 5.82 Å². The number of rotatable bonds is 7. The van der Waals surface area contributed by atoms with Gasteiger partial charge in [-0.15, -0.1) is 0 Å². The first-order valence-corrected chi connectivity index (χ1v) is 10.0. The van der Waals surface area contributed by atoms with E-state index in [0.29, 0.717) is 23.0 Å². The number of hydrogen-bond donors (Lipinski definition) is 2. The normalized spacial score (nSPS) is 14.7. The molecule has 0 bridgehead atoms. The molecule has 0 spiro atoms. The van der Waals surface area contributed by atoms with Gasteiger partial charge in [-0.25, -0.2) is 9.37 Å². The fourth-order valence-electron chi connectivity index (χ4n) is 3.25. The van der Waals surface area contributed by atoms with E-state index in [4.69, 9.17) is 4.52 Å². The van der Waals surface area contributed by atoms with Gasteiger partial charge >= 0.3 is 0 Å². The number of benzene rings is 1. The third kappa shape index (κ3) is 4.64. The number of aromatic nitrogens is 3. The van der Waals surface area contributed by atoms with Crippen LogP contribution in [0.5, 0.6) is 0 Å². The first-order valence-electron chi connectivity index (χ1n) is 10.0. The maximum Gasteiger partial charge on any atom is 0.273 e. The molecule has 3 aromatic rings. The van der Waals surface area contributed by atoms with E-state index >= 15 is 0 Å². The van der Waals surface area contributed by atoms with E-state index < -0.39 is 11.9 Å². The number of H-pyrrole nitrogens is 1. The molecule has 8 heteroatoms. The Labute approximate surface area is 172 Å². The SMILES string of the molecule is CC(C)c1nc(C[C@@H](NC(=O)c2cc(C3CC3)on2)c2ccc(F)cc2)cc(=O)[nH]1. The Kier molecular flexibility index (Phi) is 5.48. The molecule has 0 aliphatic heterocycles. The van der Waals surface area contributed by atoms with Crippen LogP contribution in [0.15, 0.2) is 45.7 Å². The lowest BCUT2D eigenvalue weighted by Gasteiger charge is -2.19. The summed E-state index contributed by atoms with van der Waals surface area (Å²) in [6, 6.07) is 8.44. The van der Waals surface area contributed by atoms with E-state index in [1.807, 2.05) is 13.8 Å². The van der Waals surface area contributed by atoms with Gasteiger partial charge in [-0.2, -0.15) is 0 Å². The Morgan fingerprint density at radius 2 is 2.00 bits per heavy atom. The summed E-state index contributed by atoms with van der Waals surface area (Å²) in [5.41, 5.74) is 1.18. The highest BCUT2D eigenvalue weighted by molar-refractivity contribution is 5.92. The summed E-state index contributed by atoms with van der Waals surface area (Å²) in [5, 5.41) is 6.80. The first-order chi connectivity index (χ1) is 14.4. The molecule has 2 N–H and O–H groups in total. The Bertz CT molecular complexity index is 1100. The number of carbonyl (C=O) groups excluding carboxylic acids is 1. The number of nitrogens with one attached hydrogen (secondary N) is 2.